The highest BCUT2D eigenvalue weighted by atomic mass is 79.9. The van der Waals surface area contributed by atoms with Gasteiger partial charge in [0.25, 0.3) is 11.8 Å². The number of carbonyl (C=O) groups is 2. The fourth-order valence-electron chi connectivity index (χ4n) is 1.92. The molecule has 2 amide bonds. The van der Waals surface area contributed by atoms with E-state index in [4.69, 9.17) is 16.3 Å². The van der Waals surface area contributed by atoms with Crippen molar-refractivity contribution in [2.45, 2.75) is 0 Å². The van der Waals surface area contributed by atoms with Gasteiger partial charge in [0, 0.05) is 26.7 Å². The Kier molecular flexibility index (Phi) is 7.04. The lowest BCUT2D eigenvalue weighted by molar-refractivity contribution is -0.117. The lowest BCUT2D eigenvalue weighted by Crippen LogP contribution is -2.40. The lowest BCUT2D eigenvalue weighted by Gasteiger charge is -2.08. The van der Waals surface area contributed by atoms with Crippen molar-refractivity contribution >= 4 is 61.4 Å². The predicted octanol–water partition coefficient (Wildman–Crippen LogP) is 4.35. The van der Waals surface area contributed by atoms with E-state index in [-0.39, 0.29) is 0 Å². The Morgan fingerprint density at radius 1 is 1.12 bits per heavy atom. The quantitative estimate of drug-likeness (QED) is 0.497. The maximum atomic E-state index is 11.9. The number of hydrazine groups is 1. The second-order valence-electron chi connectivity index (χ2n) is 4.79. The normalized spacial score (nSPS) is 10.6. The SMILES string of the molecule is COc1c(Br)cc(Br)cc1/C=C/C(=O)NNC(=O)c1ccc(Cl)cc1. The predicted molar refractivity (Wildman–Crippen MR) is 104 cm³/mol. The zero-order valence-corrected chi connectivity index (χ0v) is 16.9. The summed E-state index contributed by atoms with van der Waals surface area (Å²) < 4.78 is 6.88. The molecule has 0 aliphatic carbocycles. The zero-order chi connectivity index (χ0) is 18.4. The monoisotopic (exact) mass is 486 g/mol. The van der Waals surface area contributed by atoms with Crippen LogP contribution in [0.4, 0.5) is 0 Å². The van der Waals surface area contributed by atoms with Crippen LogP contribution < -0.4 is 15.6 Å². The van der Waals surface area contributed by atoms with E-state index in [0.717, 1.165) is 8.95 Å². The summed E-state index contributed by atoms with van der Waals surface area (Å²) in [6, 6.07) is 9.94. The van der Waals surface area contributed by atoms with Crippen LogP contribution >= 0.6 is 43.5 Å². The molecule has 130 valence electrons. The second-order valence-corrected chi connectivity index (χ2v) is 7.00. The highest BCUT2D eigenvalue weighted by Crippen LogP contribution is 2.33. The first-order chi connectivity index (χ1) is 11.9. The molecule has 0 radical (unpaired) electrons. The third-order valence-electron chi connectivity index (χ3n) is 3.06. The lowest BCUT2D eigenvalue weighted by atomic mass is 10.2. The minimum absolute atomic E-state index is 0.381. The van der Waals surface area contributed by atoms with Crippen LogP contribution in [0.5, 0.6) is 5.75 Å². The first-order valence-electron chi connectivity index (χ1n) is 6.97. The maximum absolute atomic E-state index is 11.9. The van der Waals surface area contributed by atoms with Gasteiger partial charge in [0.05, 0.1) is 11.6 Å². The number of nitrogens with one attached hydrogen (secondary N) is 2. The number of halogens is 3. The molecule has 8 heteroatoms. The zero-order valence-electron chi connectivity index (χ0n) is 13.0. The molecule has 0 aliphatic rings. The Morgan fingerprint density at radius 3 is 2.44 bits per heavy atom. The van der Waals surface area contributed by atoms with Gasteiger partial charge in [0.1, 0.15) is 5.75 Å². The van der Waals surface area contributed by atoms with Gasteiger partial charge in [-0.15, -0.1) is 0 Å². The summed E-state index contributed by atoms with van der Waals surface area (Å²) in [4.78, 5) is 23.8. The van der Waals surface area contributed by atoms with Crippen LogP contribution in [-0.4, -0.2) is 18.9 Å². The first kappa shape index (κ1) is 19.5. The van der Waals surface area contributed by atoms with E-state index < -0.39 is 11.8 Å². The van der Waals surface area contributed by atoms with Crippen LogP contribution in [-0.2, 0) is 4.79 Å². The van der Waals surface area contributed by atoms with Gasteiger partial charge in [-0.25, -0.2) is 0 Å². The van der Waals surface area contributed by atoms with Crippen LogP contribution in [0.2, 0.25) is 5.02 Å². The third-order valence-corrected chi connectivity index (χ3v) is 4.36. The van der Waals surface area contributed by atoms with E-state index in [1.165, 1.54) is 13.2 Å². The molecule has 0 fully saturated rings. The fourth-order valence-corrected chi connectivity index (χ4v) is 3.46. The molecule has 2 aromatic carbocycles. The van der Waals surface area contributed by atoms with Gasteiger partial charge in [-0.05, 0) is 58.4 Å². The van der Waals surface area contributed by atoms with Crippen molar-refractivity contribution in [2.75, 3.05) is 7.11 Å². The van der Waals surface area contributed by atoms with E-state index >= 15 is 0 Å². The van der Waals surface area contributed by atoms with E-state index in [9.17, 15) is 9.59 Å². The van der Waals surface area contributed by atoms with Gasteiger partial charge in [-0.2, -0.15) is 0 Å². The fraction of sp³-hybridized carbons (Fsp3) is 0.0588. The molecule has 0 spiro atoms. The van der Waals surface area contributed by atoms with Crippen LogP contribution in [0.25, 0.3) is 6.08 Å². The van der Waals surface area contributed by atoms with Gasteiger partial charge in [-0.1, -0.05) is 27.5 Å². The van der Waals surface area contributed by atoms with Crippen LogP contribution in [0.3, 0.4) is 0 Å². The van der Waals surface area contributed by atoms with Crippen LogP contribution in [0.1, 0.15) is 15.9 Å². The molecule has 0 aromatic heterocycles. The Labute approximate surface area is 166 Å². The Hall–Kier alpha value is -1.83. The summed E-state index contributed by atoms with van der Waals surface area (Å²) in [7, 11) is 1.54. The van der Waals surface area contributed by atoms with Crippen molar-refractivity contribution in [1.29, 1.82) is 0 Å². The topological polar surface area (TPSA) is 67.4 Å². The molecule has 25 heavy (non-hydrogen) atoms. The van der Waals surface area contributed by atoms with Crippen LogP contribution in [0, 0.1) is 0 Å². The van der Waals surface area contributed by atoms with E-state index in [0.29, 0.717) is 21.9 Å². The van der Waals surface area contributed by atoms with Crippen molar-refractivity contribution in [3.05, 3.63) is 67.6 Å². The number of methoxy groups -OCH3 is 1. The van der Waals surface area contributed by atoms with Crippen molar-refractivity contribution in [1.82, 2.24) is 10.9 Å². The molecule has 0 heterocycles. The molecule has 0 aliphatic heterocycles. The van der Waals surface area contributed by atoms with E-state index in [1.54, 1.807) is 36.4 Å². The average molecular weight is 489 g/mol. The van der Waals surface area contributed by atoms with E-state index in [2.05, 4.69) is 42.7 Å². The summed E-state index contributed by atoms with van der Waals surface area (Å²) in [5.41, 5.74) is 5.71. The molecule has 0 saturated carbocycles. The van der Waals surface area contributed by atoms with E-state index in [1.807, 2.05) is 6.07 Å². The number of carbonyl (C=O) groups excluding carboxylic acids is 2. The molecular formula is C17H13Br2ClN2O3. The number of ether oxygens (including phenoxy) is 1. The summed E-state index contributed by atoms with van der Waals surface area (Å²) in [6.45, 7) is 0. The van der Waals surface area contributed by atoms with Crippen molar-refractivity contribution in [3.8, 4) is 5.75 Å². The molecule has 0 atom stereocenters. The van der Waals surface area contributed by atoms with Gasteiger partial charge in [0.15, 0.2) is 0 Å². The third kappa shape index (κ3) is 5.59. The van der Waals surface area contributed by atoms with Gasteiger partial charge < -0.3 is 4.74 Å². The standard InChI is InChI=1S/C17H13Br2ClN2O3/c1-25-16-11(8-12(18)9-14(16)19)4-7-15(23)21-22-17(24)10-2-5-13(20)6-3-10/h2-9H,1H3,(H,21,23)(H,22,24)/b7-4+. The summed E-state index contributed by atoms with van der Waals surface area (Å²) in [6.07, 6.45) is 2.87. The Morgan fingerprint density at radius 2 is 1.80 bits per heavy atom. The highest BCUT2D eigenvalue weighted by Gasteiger charge is 2.08. The minimum atomic E-state index is -0.486. The summed E-state index contributed by atoms with van der Waals surface area (Å²) in [5, 5.41) is 0.526. The molecule has 0 bridgehead atoms. The second kappa shape index (κ2) is 9.03. The number of benzene rings is 2. The minimum Gasteiger partial charge on any atom is -0.495 e. The van der Waals surface area contributed by atoms with Crippen LogP contribution in [0.15, 0.2) is 51.4 Å². The first-order valence-corrected chi connectivity index (χ1v) is 8.94. The number of hydrogen-bond acceptors (Lipinski definition) is 3. The molecular weight excluding hydrogens is 475 g/mol. The van der Waals surface area contributed by atoms with Gasteiger partial charge in [0.2, 0.25) is 0 Å². The summed E-state index contributed by atoms with van der Waals surface area (Å²) in [5.74, 6) is -0.334. The maximum Gasteiger partial charge on any atom is 0.269 e. The Bertz CT molecular complexity index is 823. The van der Waals surface area contributed by atoms with Crippen molar-refractivity contribution in [2.24, 2.45) is 0 Å². The molecule has 2 rings (SSSR count). The largest absolute Gasteiger partial charge is 0.495 e. The van der Waals surface area contributed by atoms with Crippen molar-refractivity contribution < 1.29 is 14.3 Å². The van der Waals surface area contributed by atoms with Crippen molar-refractivity contribution in [3.63, 3.8) is 0 Å². The molecule has 2 N–H and O–H groups in total. The molecule has 0 saturated heterocycles. The molecule has 2 aromatic rings. The number of hydrogen-bond donors (Lipinski definition) is 2. The number of amides is 2. The summed E-state index contributed by atoms with van der Waals surface area (Å²) >= 11 is 12.5. The van der Waals surface area contributed by atoms with Gasteiger partial charge >= 0.3 is 0 Å². The highest BCUT2D eigenvalue weighted by molar-refractivity contribution is 9.11. The smallest absolute Gasteiger partial charge is 0.269 e. The average Bonchev–Trinajstić information content (AvgIpc) is 2.58. The van der Waals surface area contributed by atoms with Gasteiger partial charge in [-0.3, -0.25) is 20.4 Å². The number of rotatable bonds is 4. The Balaban J connectivity index is 1.99. The molecule has 5 nitrogen and oxygen atoms in total. The molecule has 0 unspecified atom stereocenters.